The van der Waals surface area contributed by atoms with Gasteiger partial charge >= 0.3 is 6.18 Å². The third-order valence-electron chi connectivity index (χ3n) is 3.14. The van der Waals surface area contributed by atoms with Crippen molar-refractivity contribution in [3.05, 3.63) is 23.9 Å². The first-order valence-electron chi connectivity index (χ1n) is 7.11. The molecule has 2 nitrogen and oxygen atoms in total. The van der Waals surface area contributed by atoms with Crippen LogP contribution in [0.15, 0.2) is 18.3 Å². The van der Waals surface area contributed by atoms with Gasteiger partial charge in [-0.25, -0.2) is 4.98 Å². The van der Waals surface area contributed by atoms with Crippen LogP contribution >= 0.6 is 0 Å². The van der Waals surface area contributed by atoms with Gasteiger partial charge in [-0.1, -0.05) is 26.7 Å². The molecule has 1 rings (SSSR count). The first-order valence-corrected chi connectivity index (χ1v) is 7.11. The second-order valence-electron chi connectivity index (χ2n) is 4.92. The van der Waals surface area contributed by atoms with Crippen molar-refractivity contribution in [2.75, 3.05) is 6.61 Å². The summed E-state index contributed by atoms with van der Waals surface area (Å²) in [6, 6.07) is 3.69. The number of alkyl halides is 3. The van der Waals surface area contributed by atoms with Crippen LogP contribution in [0.5, 0.6) is 5.88 Å². The average molecular weight is 289 g/mol. The largest absolute Gasteiger partial charge is 0.477 e. The molecule has 0 aliphatic rings. The zero-order valence-corrected chi connectivity index (χ0v) is 12.0. The van der Waals surface area contributed by atoms with E-state index in [-0.39, 0.29) is 12.5 Å². The minimum atomic E-state index is -4.19. The van der Waals surface area contributed by atoms with E-state index in [9.17, 15) is 13.2 Å². The quantitative estimate of drug-likeness (QED) is 0.664. The molecule has 0 unspecified atom stereocenters. The zero-order valence-electron chi connectivity index (χ0n) is 12.0. The van der Waals surface area contributed by atoms with E-state index in [4.69, 9.17) is 4.74 Å². The molecular formula is C15H22F3NO. The molecule has 1 aromatic rings. The number of nitrogens with zero attached hydrogens (tertiary/aromatic N) is 1. The van der Waals surface area contributed by atoms with E-state index in [0.717, 1.165) is 31.2 Å². The Bertz CT molecular complexity index is 387. The van der Waals surface area contributed by atoms with Crippen molar-refractivity contribution in [3.63, 3.8) is 0 Å². The van der Waals surface area contributed by atoms with E-state index in [1.165, 1.54) is 0 Å². The Morgan fingerprint density at radius 3 is 2.40 bits per heavy atom. The molecule has 114 valence electrons. The minimum Gasteiger partial charge on any atom is -0.477 e. The Hall–Kier alpha value is -1.26. The van der Waals surface area contributed by atoms with Gasteiger partial charge in [0.2, 0.25) is 5.88 Å². The second kappa shape index (κ2) is 8.12. The highest BCUT2D eigenvalue weighted by Gasteiger charge is 2.26. The smallest absolute Gasteiger partial charge is 0.392 e. The van der Waals surface area contributed by atoms with Gasteiger partial charge < -0.3 is 4.74 Å². The maximum absolute atomic E-state index is 12.1. The second-order valence-corrected chi connectivity index (χ2v) is 4.92. The topological polar surface area (TPSA) is 22.1 Å². The van der Waals surface area contributed by atoms with Crippen LogP contribution in [0.2, 0.25) is 0 Å². The predicted octanol–water partition coefficient (Wildman–Crippen LogP) is 5.10. The van der Waals surface area contributed by atoms with Gasteiger partial charge in [0.05, 0.1) is 13.0 Å². The predicted molar refractivity (Wildman–Crippen MR) is 73.0 cm³/mol. The normalized spacial score (nSPS) is 11.9. The van der Waals surface area contributed by atoms with Gasteiger partial charge in [0.15, 0.2) is 0 Å². The third kappa shape index (κ3) is 6.26. The number of aromatic nitrogens is 1. The van der Waals surface area contributed by atoms with Crippen molar-refractivity contribution in [2.45, 2.75) is 58.0 Å². The van der Waals surface area contributed by atoms with E-state index in [0.29, 0.717) is 5.92 Å². The van der Waals surface area contributed by atoms with E-state index in [1.807, 2.05) is 6.07 Å². The molecule has 1 heterocycles. The Labute approximate surface area is 118 Å². The number of rotatable bonds is 8. The Morgan fingerprint density at radius 1 is 1.20 bits per heavy atom. The fourth-order valence-corrected chi connectivity index (χ4v) is 2.20. The third-order valence-corrected chi connectivity index (χ3v) is 3.14. The molecule has 0 saturated heterocycles. The summed E-state index contributed by atoms with van der Waals surface area (Å²) in [4.78, 5) is 3.97. The molecule has 0 fully saturated rings. The minimum absolute atomic E-state index is 0.281. The van der Waals surface area contributed by atoms with Crippen molar-refractivity contribution < 1.29 is 17.9 Å². The highest BCUT2D eigenvalue weighted by atomic mass is 19.4. The molecule has 0 saturated carbocycles. The van der Waals surface area contributed by atoms with Crippen LogP contribution in [0.1, 0.15) is 57.4 Å². The number of pyridine rings is 1. The van der Waals surface area contributed by atoms with Gasteiger partial charge in [-0.05, 0) is 30.4 Å². The Kier molecular flexibility index (Phi) is 6.82. The molecule has 0 atom stereocenters. The molecule has 5 heteroatoms. The summed E-state index contributed by atoms with van der Waals surface area (Å²) in [7, 11) is 0. The highest BCUT2D eigenvalue weighted by Crippen LogP contribution is 2.28. The van der Waals surface area contributed by atoms with E-state index in [2.05, 4.69) is 18.8 Å². The van der Waals surface area contributed by atoms with Crippen molar-refractivity contribution in [1.29, 1.82) is 0 Å². The van der Waals surface area contributed by atoms with Gasteiger partial charge in [-0.2, -0.15) is 13.2 Å². The summed E-state index contributed by atoms with van der Waals surface area (Å²) in [6.07, 6.45) is 0.765. The number of ether oxygens (including phenoxy) is 1. The van der Waals surface area contributed by atoms with Gasteiger partial charge in [0, 0.05) is 12.3 Å². The number of hydrogen-bond acceptors (Lipinski definition) is 2. The molecular weight excluding hydrogens is 267 g/mol. The van der Waals surface area contributed by atoms with Gasteiger partial charge in [-0.15, -0.1) is 0 Å². The summed E-state index contributed by atoms with van der Waals surface area (Å²) in [5, 5.41) is 0. The van der Waals surface area contributed by atoms with Crippen LogP contribution in [-0.2, 0) is 0 Å². The monoisotopic (exact) mass is 289 g/mol. The van der Waals surface area contributed by atoms with Crippen LogP contribution in [0, 0.1) is 0 Å². The maximum atomic E-state index is 12.1. The summed E-state index contributed by atoms with van der Waals surface area (Å²) < 4.78 is 41.3. The van der Waals surface area contributed by atoms with E-state index in [1.54, 1.807) is 12.3 Å². The van der Waals surface area contributed by atoms with Crippen molar-refractivity contribution >= 4 is 0 Å². The lowest BCUT2D eigenvalue weighted by molar-refractivity contribution is -0.139. The lowest BCUT2D eigenvalue weighted by atomic mass is 9.91. The summed E-state index contributed by atoms with van der Waals surface area (Å²) >= 11 is 0. The van der Waals surface area contributed by atoms with Gasteiger partial charge in [0.1, 0.15) is 0 Å². The average Bonchev–Trinajstić information content (AvgIpc) is 2.37. The number of hydrogen-bond donors (Lipinski definition) is 0. The lowest BCUT2D eigenvalue weighted by Crippen LogP contribution is -2.13. The van der Waals surface area contributed by atoms with Crippen LogP contribution in [0.4, 0.5) is 13.2 Å². The molecule has 0 amide bonds. The Morgan fingerprint density at radius 2 is 1.85 bits per heavy atom. The molecule has 0 radical (unpaired) electrons. The summed E-state index contributed by atoms with van der Waals surface area (Å²) in [5.41, 5.74) is 1.10. The molecule has 0 aliphatic heterocycles. The van der Waals surface area contributed by atoms with Crippen molar-refractivity contribution in [2.24, 2.45) is 0 Å². The molecule has 0 aromatic carbocycles. The van der Waals surface area contributed by atoms with Crippen LogP contribution in [-0.4, -0.2) is 17.8 Å². The van der Waals surface area contributed by atoms with Crippen molar-refractivity contribution in [3.8, 4) is 5.88 Å². The van der Waals surface area contributed by atoms with Gasteiger partial charge in [-0.3, -0.25) is 0 Å². The van der Waals surface area contributed by atoms with Crippen LogP contribution < -0.4 is 4.74 Å². The fraction of sp³-hybridized carbons (Fsp3) is 0.667. The molecule has 0 aliphatic carbocycles. The molecule has 0 bridgehead atoms. The Balaban J connectivity index is 2.64. The van der Waals surface area contributed by atoms with E-state index < -0.39 is 12.6 Å². The molecule has 20 heavy (non-hydrogen) atoms. The SMILES string of the molecule is CCCC(CCC)c1ccnc(OCCC(F)(F)F)c1. The fourth-order valence-electron chi connectivity index (χ4n) is 2.20. The zero-order chi connectivity index (χ0) is 15.0. The molecule has 0 N–H and O–H groups in total. The summed E-state index contributed by atoms with van der Waals surface area (Å²) in [5.74, 6) is 0.710. The lowest BCUT2D eigenvalue weighted by Gasteiger charge is -2.16. The first kappa shape index (κ1) is 16.8. The standard InChI is InChI=1S/C15H22F3NO/c1-3-5-12(6-4-2)13-7-9-19-14(11-13)20-10-8-15(16,17)18/h7,9,11-12H,3-6,8,10H2,1-2H3. The van der Waals surface area contributed by atoms with Crippen molar-refractivity contribution in [1.82, 2.24) is 4.98 Å². The van der Waals surface area contributed by atoms with E-state index >= 15 is 0 Å². The molecule has 1 aromatic heterocycles. The number of halogens is 3. The molecule has 0 spiro atoms. The summed E-state index contributed by atoms with van der Waals surface area (Å²) in [6.45, 7) is 3.88. The first-order chi connectivity index (χ1) is 9.46. The highest BCUT2D eigenvalue weighted by molar-refractivity contribution is 5.24. The maximum Gasteiger partial charge on any atom is 0.392 e. The van der Waals surface area contributed by atoms with Crippen LogP contribution in [0.3, 0.4) is 0 Å². The van der Waals surface area contributed by atoms with Gasteiger partial charge in [0.25, 0.3) is 0 Å². The van der Waals surface area contributed by atoms with Crippen LogP contribution in [0.25, 0.3) is 0 Å².